The summed E-state index contributed by atoms with van der Waals surface area (Å²) in [5.74, 6) is 1.61. The van der Waals surface area contributed by atoms with Crippen LogP contribution in [-0.2, 0) is 18.3 Å². The highest BCUT2D eigenvalue weighted by Crippen LogP contribution is 2.36. The normalized spacial score (nSPS) is 19.4. The third-order valence-corrected chi connectivity index (χ3v) is 7.61. The van der Waals surface area contributed by atoms with Gasteiger partial charge in [0, 0.05) is 50.4 Å². The SMILES string of the molecule is COc1ccc2nccc([C@H](F)CC[C@@H]3CCN(CCCc4nccn4C)C[C@H]3CCC(=O)O)c2c1. The highest BCUT2D eigenvalue weighted by atomic mass is 19.1. The Labute approximate surface area is 212 Å². The number of pyridine rings is 1. The minimum absolute atomic E-state index is 0.163. The summed E-state index contributed by atoms with van der Waals surface area (Å²) in [7, 11) is 3.62. The van der Waals surface area contributed by atoms with Crippen molar-refractivity contribution in [3.8, 4) is 5.75 Å². The van der Waals surface area contributed by atoms with Gasteiger partial charge in [0.15, 0.2) is 0 Å². The van der Waals surface area contributed by atoms with Crippen LogP contribution in [0.1, 0.15) is 56.1 Å². The smallest absolute Gasteiger partial charge is 0.303 e. The Kier molecular flexibility index (Phi) is 8.91. The second-order valence-electron chi connectivity index (χ2n) is 9.93. The maximum atomic E-state index is 15.5. The number of aryl methyl sites for hydroxylation is 2. The molecule has 3 heterocycles. The average Bonchev–Trinajstić information content (AvgIpc) is 3.30. The van der Waals surface area contributed by atoms with Gasteiger partial charge < -0.3 is 19.3 Å². The molecule has 4 rings (SSSR count). The number of methoxy groups -OCH3 is 1. The molecule has 0 bridgehead atoms. The molecule has 0 radical (unpaired) electrons. The fourth-order valence-corrected chi connectivity index (χ4v) is 5.54. The molecular weight excluding hydrogens is 459 g/mol. The number of hydrogen-bond donors (Lipinski definition) is 1. The molecule has 194 valence electrons. The van der Waals surface area contributed by atoms with E-state index in [1.165, 1.54) is 0 Å². The number of piperidine rings is 1. The molecule has 1 N–H and O–H groups in total. The van der Waals surface area contributed by atoms with Gasteiger partial charge in [-0.3, -0.25) is 9.78 Å². The lowest BCUT2D eigenvalue weighted by molar-refractivity contribution is -0.137. The molecular formula is C28H37FN4O3. The topological polar surface area (TPSA) is 80.5 Å². The molecule has 0 aliphatic carbocycles. The lowest BCUT2D eigenvalue weighted by Crippen LogP contribution is -2.41. The monoisotopic (exact) mass is 496 g/mol. The molecule has 0 unspecified atom stereocenters. The summed E-state index contributed by atoms with van der Waals surface area (Å²) < 4.78 is 22.9. The van der Waals surface area contributed by atoms with Crippen LogP contribution in [0, 0.1) is 11.8 Å². The van der Waals surface area contributed by atoms with Gasteiger partial charge in [-0.2, -0.15) is 0 Å². The molecule has 1 aliphatic rings. The largest absolute Gasteiger partial charge is 0.497 e. The summed E-state index contributed by atoms with van der Waals surface area (Å²) in [5, 5.41) is 10.1. The number of nitrogens with zero attached hydrogens (tertiary/aromatic N) is 4. The highest BCUT2D eigenvalue weighted by Gasteiger charge is 2.30. The Morgan fingerprint density at radius 1 is 1.22 bits per heavy atom. The van der Waals surface area contributed by atoms with E-state index in [1.54, 1.807) is 19.4 Å². The lowest BCUT2D eigenvalue weighted by Gasteiger charge is -2.39. The van der Waals surface area contributed by atoms with Crippen LogP contribution in [0.15, 0.2) is 42.9 Å². The first kappa shape index (κ1) is 26.1. The van der Waals surface area contributed by atoms with Crippen LogP contribution >= 0.6 is 0 Å². The zero-order valence-electron chi connectivity index (χ0n) is 21.3. The Balaban J connectivity index is 1.36. The minimum atomic E-state index is -1.10. The Hall–Kier alpha value is -3.00. The Morgan fingerprint density at radius 3 is 2.83 bits per heavy atom. The standard InChI is InChI=1S/C28H37FN4O3/c1-32-17-14-31-27(32)4-3-15-33-16-12-20(21(19-33)6-10-28(34)35)5-8-25(29)23-11-13-30-26-9-7-22(36-2)18-24(23)26/h7,9,11,13-14,17-18,20-21,25H,3-6,8,10,12,15-16,19H2,1-2H3,(H,34,35)/t20-,21-,25-/m1/s1. The number of likely N-dealkylation sites (tertiary alicyclic amines) is 1. The van der Waals surface area contributed by atoms with E-state index in [0.717, 1.165) is 62.0 Å². The third kappa shape index (κ3) is 6.60. The van der Waals surface area contributed by atoms with Crippen LogP contribution in [0.3, 0.4) is 0 Å². The first-order chi connectivity index (χ1) is 17.4. The summed E-state index contributed by atoms with van der Waals surface area (Å²) in [6.07, 6.45) is 9.25. The van der Waals surface area contributed by atoms with Gasteiger partial charge in [0.1, 0.15) is 17.7 Å². The van der Waals surface area contributed by atoms with Crippen LogP contribution in [0.4, 0.5) is 4.39 Å². The van der Waals surface area contributed by atoms with Crippen molar-refractivity contribution in [2.45, 2.75) is 51.1 Å². The van der Waals surface area contributed by atoms with Crippen LogP contribution < -0.4 is 4.74 Å². The number of ether oxygens (including phenoxy) is 1. The average molecular weight is 497 g/mol. The van der Waals surface area contributed by atoms with Crippen molar-refractivity contribution in [3.63, 3.8) is 0 Å². The van der Waals surface area contributed by atoms with Gasteiger partial charge in [-0.15, -0.1) is 0 Å². The molecule has 0 saturated carbocycles. The molecule has 36 heavy (non-hydrogen) atoms. The number of rotatable bonds is 12. The predicted octanol–water partition coefficient (Wildman–Crippen LogP) is 5.20. The molecule has 3 atom stereocenters. The van der Waals surface area contributed by atoms with Gasteiger partial charge in [0.05, 0.1) is 12.6 Å². The van der Waals surface area contributed by atoms with Crippen LogP contribution in [0.5, 0.6) is 5.75 Å². The van der Waals surface area contributed by atoms with Crippen LogP contribution in [-0.4, -0.2) is 57.3 Å². The van der Waals surface area contributed by atoms with Crippen molar-refractivity contribution < 1.29 is 19.0 Å². The molecule has 0 amide bonds. The maximum absolute atomic E-state index is 15.5. The highest BCUT2D eigenvalue weighted by molar-refractivity contribution is 5.83. The fourth-order valence-electron chi connectivity index (χ4n) is 5.54. The second-order valence-corrected chi connectivity index (χ2v) is 9.93. The van der Waals surface area contributed by atoms with Gasteiger partial charge >= 0.3 is 5.97 Å². The van der Waals surface area contributed by atoms with Crippen LogP contribution in [0.25, 0.3) is 10.9 Å². The van der Waals surface area contributed by atoms with Crippen molar-refractivity contribution >= 4 is 16.9 Å². The summed E-state index contributed by atoms with van der Waals surface area (Å²) in [6, 6.07) is 7.31. The molecule has 8 heteroatoms. The number of carbonyl (C=O) groups is 1. The predicted molar refractivity (Wildman–Crippen MR) is 138 cm³/mol. The Bertz CT molecular complexity index is 1150. The number of alkyl halides is 1. The molecule has 1 fully saturated rings. The number of benzene rings is 1. The molecule has 3 aromatic rings. The number of aromatic nitrogens is 3. The second kappa shape index (κ2) is 12.3. The molecule has 1 aliphatic heterocycles. The van der Waals surface area contributed by atoms with E-state index in [1.807, 2.05) is 37.6 Å². The van der Waals surface area contributed by atoms with E-state index in [2.05, 4.69) is 19.4 Å². The first-order valence-corrected chi connectivity index (χ1v) is 12.9. The number of fused-ring (bicyclic) bond motifs is 1. The zero-order valence-corrected chi connectivity index (χ0v) is 21.3. The number of carboxylic acids is 1. The number of imidazole rings is 1. The van der Waals surface area contributed by atoms with Gasteiger partial charge in [0.2, 0.25) is 0 Å². The summed E-state index contributed by atoms with van der Waals surface area (Å²) in [4.78, 5) is 22.5. The summed E-state index contributed by atoms with van der Waals surface area (Å²) in [5.41, 5.74) is 1.40. The summed E-state index contributed by atoms with van der Waals surface area (Å²) in [6.45, 7) is 2.83. The van der Waals surface area contributed by atoms with Crippen molar-refractivity contribution in [2.75, 3.05) is 26.7 Å². The molecule has 1 saturated heterocycles. The number of halogens is 1. The van der Waals surface area contributed by atoms with Crippen molar-refractivity contribution in [3.05, 3.63) is 54.2 Å². The molecule has 0 spiro atoms. The molecule has 7 nitrogen and oxygen atoms in total. The minimum Gasteiger partial charge on any atom is -0.497 e. The number of aliphatic carboxylic acids is 1. The van der Waals surface area contributed by atoms with Crippen molar-refractivity contribution in [1.82, 2.24) is 19.4 Å². The fraction of sp³-hybridized carbons (Fsp3) is 0.536. The van der Waals surface area contributed by atoms with Gasteiger partial charge in [-0.05, 0) is 86.9 Å². The zero-order chi connectivity index (χ0) is 25.5. The van der Waals surface area contributed by atoms with E-state index < -0.39 is 12.1 Å². The van der Waals surface area contributed by atoms with Gasteiger partial charge in [0.25, 0.3) is 0 Å². The Morgan fingerprint density at radius 2 is 2.08 bits per heavy atom. The third-order valence-electron chi connectivity index (χ3n) is 7.61. The van der Waals surface area contributed by atoms with E-state index in [4.69, 9.17) is 4.74 Å². The summed E-state index contributed by atoms with van der Waals surface area (Å²) >= 11 is 0. The number of carboxylic acid groups (broad SMARTS) is 1. The van der Waals surface area contributed by atoms with Crippen LogP contribution in [0.2, 0.25) is 0 Å². The quantitative estimate of drug-likeness (QED) is 0.371. The van der Waals surface area contributed by atoms with Crippen molar-refractivity contribution in [1.29, 1.82) is 0 Å². The van der Waals surface area contributed by atoms with Gasteiger partial charge in [-0.25, -0.2) is 9.37 Å². The van der Waals surface area contributed by atoms with Crippen molar-refractivity contribution in [2.24, 2.45) is 18.9 Å². The van der Waals surface area contributed by atoms with E-state index >= 15 is 4.39 Å². The molecule has 2 aromatic heterocycles. The maximum Gasteiger partial charge on any atom is 0.303 e. The lowest BCUT2D eigenvalue weighted by atomic mass is 9.79. The van der Waals surface area contributed by atoms with Gasteiger partial charge in [-0.1, -0.05) is 0 Å². The van der Waals surface area contributed by atoms with E-state index in [0.29, 0.717) is 30.1 Å². The number of hydrogen-bond acceptors (Lipinski definition) is 5. The van der Waals surface area contributed by atoms with E-state index in [9.17, 15) is 9.90 Å². The molecule has 1 aromatic carbocycles. The van der Waals surface area contributed by atoms with E-state index in [-0.39, 0.29) is 12.3 Å². The first-order valence-electron chi connectivity index (χ1n) is 12.9.